The summed E-state index contributed by atoms with van der Waals surface area (Å²) < 4.78 is 13.0. The average molecular weight is 302 g/mol. The Morgan fingerprint density at radius 2 is 2.10 bits per heavy atom. The number of nitrogen functional groups attached to an aromatic ring is 1. The normalized spacial score (nSPS) is 10.1. The standard InChI is InChI=1S/C16H15FN2OS/c1-2-9-21-15-6-4-3-5-14(15)19-16(20)12-8-7-11(17)10-13(12)18/h2-8,10H,1,9,18H2,(H,19,20). The molecule has 2 rings (SSSR count). The zero-order valence-electron chi connectivity index (χ0n) is 11.3. The molecule has 21 heavy (non-hydrogen) atoms. The van der Waals surface area contributed by atoms with Crippen molar-refractivity contribution in [3.63, 3.8) is 0 Å². The van der Waals surface area contributed by atoms with Gasteiger partial charge in [-0.15, -0.1) is 18.3 Å². The first-order valence-corrected chi connectivity index (χ1v) is 7.29. The highest BCUT2D eigenvalue weighted by atomic mass is 32.2. The Labute approximate surface area is 127 Å². The molecular weight excluding hydrogens is 287 g/mol. The Balaban J connectivity index is 2.21. The highest BCUT2D eigenvalue weighted by Crippen LogP contribution is 2.27. The van der Waals surface area contributed by atoms with Gasteiger partial charge in [0.25, 0.3) is 5.91 Å². The topological polar surface area (TPSA) is 55.1 Å². The summed E-state index contributed by atoms with van der Waals surface area (Å²) in [6, 6.07) is 11.2. The number of thioether (sulfide) groups is 1. The van der Waals surface area contributed by atoms with Gasteiger partial charge in [-0.05, 0) is 30.3 Å². The second-order valence-corrected chi connectivity index (χ2v) is 5.34. The zero-order chi connectivity index (χ0) is 15.2. The number of nitrogens with one attached hydrogen (secondary N) is 1. The molecule has 2 aromatic rings. The molecule has 0 fully saturated rings. The van der Waals surface area contributed by atoms with Gasteiger partial charge in [0.1, 0.15) is 5.82 Å². The van der Waals surface area contributed by atoms with Crippen molar-refractivity contribution in [3.8, 4) is 0 Å². The average Bonchev–Trinajstić information content (AvgIpc) is 2.46. The van der Waals surface area contributed by atoms with Crippen molar-refractivity contribution in [2.24, 2.45) is 0 Å². The van der Waals surface area contributed by atoms with Crippen LogP contribution in [0.5, 0.6) is 0 Å². The van der Waals surface area contributed by atoms with E-state index in [-0.39, 0.29) is 17.2 Å². The van der Waals surface area contributed by atoms with Crippen molar-refractivity contribution in [2.75, 3.05) is 16.8 Å². The molecule has 2 aromatic carbocycles. The molecule has 3 N–H and O–H groups in total. The maximum atomic E-state index is 13.0. The van der Waals surface area contributed by atoms with Gasteiger partial charge in [-0.3, -0.25) is 4.79 Å². The second-order valence-electron chi connectivity index (χ2n) is 4.28. The molecule has 108 valence electrons. The van der Waals surface area contributed by atoms with Gasteiger partial charge in [-0.2, -0.15) is 0 Å². The third kappa shape index (κ3) is 3.86. The maximum absolute atomic E-state index is 13.0. The van der Waals surface area contributed by atoms with Crippen LogP contribution in [0.3, 0.4) is 0 Å². The largest absolute Gasteiger partial charge is 0.398 e. The molecule has 5 heteroatoms. The predicted octanol–water partition coefficient (Wildman–Crippen LogP) is 3.94. The summed E-state index contributed by atoms with van der Waals surface area (Å²) >= 11 is 1.57. The van der Waals surface area contributed by atoms with E-state index >= 15 is 0 Å². The van der Waals surface area contributed by atoms with Crippen LogP contribution >= 0.6 is 11.8 Å². The van der Waals surface area contributed by atoms with E-state index in [2.05, 4.69) is 11.9 Å². The van der Waals surface area contributed by atoms with Crippen molar-refractivity contribution in [2.45, 2.75) is 4.90 Å². The lowest BCUT2D eigenvalue weighted by molar-refractivity contribution is 0.102. The number of benzene rings is 2. The number of hydrogen-bond donors (Lipinski definition) is 2. The summed E-state index contributed by atoms with van der Waals surface area (Å²) in [5.41, 5.74) is 6.73. The minimum Gasteiger partial charge on any atom is -0.398 e. The van der Waals surface area contributed by atoms with Crippen LogP contribution in [0.1, 0.15) is 10.4 Å². The fourth-order valence-electron chi connectivity index (χ4n) is 1.77. The molecule has 0 saturated carbocycles. The summed E-state index contributed by atoms with van der Waals surface area (Å²) in [5, 5.41) is 2.80. The van der Waals surface area contributed by atoms with Gasteiger partial charge in [-0.1, -0.05) is 18.2 Å². The van der Waals surface area contributed by atoms with Crippen LogP contribution in [0.25, 0.3) is 0 Å². The Kier molecular flexibility index (Phi) is 5.00. The van der Waals surface area contributed by atoms with Crippen molar-refractivity contribution in [3.05, 3.63) is 66.5 Å². The molecule has 0 unspecified atom stereocenters. The lowest BCUT2D eigenvalue weighted by atomic mass is 10.1. The minimum atomic E-state index is -0.467. The van der Waals surface area contributed by atoms with E-state index in [0.717, 1.165) is 16.7 Å². The van der Waals surface area contributed by atoms with Gasteiger partial charge in [0, 0.05) is 16.3 Å². The van der Waals surface area contributed by atoms with Crippen LogP contribution in [0.15, 0.2) is 60.0 Å². The first kappa shape index (κ1) is 15.1. The number of nitrogens with two attached hydrogens (primary N) is 1. The smallest absolute Gasteiger partial charge is 0.257 e. The van der Waals surface area contributed by atoms with E-state index in [1.807, 2.05) is 24.3 Å². The fraction of sp³-hybridized carbons (Fsp3) is 0.0625. The van der Waals surface area contributed by atoms with Gasteiger partial charge in [0.15, 0.2) is 0 Å². The quantitative estimate of drug-likeness (QED) is 0.500. The molecule has 0 heterocycles. The van der Waals surface area contributed by atoms with Gasteiger partial charge < -0.3 is 11.1 Å². The molecule has 0 bridgehead atoms. The molecule has 0 aliphatic carbocycles. The van der Waals surface area contributed by atoms with Gasteiger partial charge in [0.2, 0.25) is 0 Å². The van der Waals surface area contributed by atoms with E-state index in [1.165, 1.54) is 12.1 Å². The number of anilines is 2. The van der Waals surface area contributed by atoms with Crippen LogP contribution in [-0.2, 0) is 0 Å². The highest BCUT2D eigenvalue weighted by molar-refractivity contribution is 7.99. The van der Waals surface area contributed by atoms with Crippen molar-refractivity contribution >= 4 is 29.0 Å². The van der Waals surface area contributed by atoms with Crippen LogP contribution in [0, 0.1) is 5.82 Å². The number of halogens is 1. The predicted molar refractivity (Wildman–Crippen MR) is 86.1 cm³/mol. The first-order chi connectivity index (χ1) is 10.1. The van der Waals surface area contributed by atoms with E-state index < -0.39 is 5.82 Å². The maximum Gasteiger partial charge on any atom is 0.257 e. The van der Waals surface area contributed by atoms with Gasteiger partial charge in [0.05, 0.1) is 11.3 Å². The van der Waals surface area contributed by atoms with Crippen LogP contribution in [0.2, 0.25) is 0 Å². The lowest BCUT2D eigenvalue weighted by Gasteiger charge is -2.11. The van der Waals surface area contributed by atoms with E-state index in [4.69, 9.17) is 5.73 Å². The van der Waals surface area contributed by atoms with Gasteiger partial charge >= 0.3 is 0 Å². The molecule has 0 aliphatic rings. The number of hydrogen-bond acceptors (Lipinski definition) is 3. The van der Waals surface area contributed by atoms with E-state index in [9.17, 15) is 9.18 Å². The number of carbonyl (C=O) groups is 1. The molecule has 0 spiro atoms. The fourth-order valence-corrected chi connectivity index (χ4v) is 2.52. The Morgan fingerprint density at radius 1 is 1.33 bits per heavy atom. The lowest BCUT2D eigenvalue weighted by Crippen LogP contribution is -2.14. The number of para-hydroxylation sites is 1. The monoisotopic (exact) mass is 302 g/mol. The summed E-state index contributed by atoms with van der Waals surface area (Å²) in [6.07, 6.45) is 1.79. The minimum absolute atomic E-state index is 0.115. The molecule has 3 nitrogen and oxygen atoms in total. The third-order valence-corrected chi connectivity index (χ3v) is 3.82. The zero-order valence-corrected chi connectivity index (χ0v) is 12.1. The van der Waals surface area contributed by atoms with E-state index in [0.29, 0.717) is 5.69 Å². The van der Waals surface area contributed by atoms with Crippen molar-refractivity contribution in [1.82, 2.24) is 0 Å². The molecule has 1 amide bonds. The Bertz CT molecular complexity index is 673. The summed E-state index contributed by atoms with van der Waals surface area (Å²) in [6.45, 7) is 3.67. The Hall–Kier alpha value is -2.27. The van der Waals surface area contributed by atoms with Crippen molar-refractivity contribution < 1.29 is 9.18 Å². The summed E-state index contributed by atoms with van der Waals surface area (Å²) in [5.74, 6) is -0.0869. The molecule has 0 saturated heterocycles. The molecule has 0 radical (unpaired) electrons. The molecule has 0 aromatic heterocycles. The van der Waals surface area contributed by atoms with E-state index in [1.54, 1.807) is 17.8 Å². The third-order valence-electron chi connectivity index (χ3n) is 2.75. The molecular formula is C16H15FN2OS. The number of amides is 1. The SMILES string of the molecule is C=CCSc1ccccc1NC(=O)c1ccc(F)cc1N. The summed E-state index contributed by atoms with van der Waals surface area (Å²) in [7, 11) is 0. The van der Waals surface area contributed by atoms with Crippen LogP contribution in [-0.4, -0.2) is 11.7 Å². The van der Waals surface area contributed by atoms with Crippen molar-refractivity contribution in [1.29, 1.82) is 0 Å². The Morgan fingerprint density at radius 3 is 2.81 bits per heavy atom. The second kappa shape index (κ2) is 6.95. The van der Waals surface area contributed by atoms with Crippen LogP contribution in [0.4, 0.5) is 15.8 Å². The first-order valence-electron chi connectivity index (χ1n) is 6.31. The van der Waals surface area contributed by atoms with Gasteiger partial charge in [-0.25, -0.2) is 4.39 Å². The summed E-state index contributed by atoms with van der Waals surface area (Å²) in [4.78, 5) is 13.2. The van der Waals surface area contributed by atoms with Crippen LogP contribution < -0.4 is 11.1 Å². The number of rotatable bonds is 5. The molecule has 0 atom stereocenters. The number of carbonyl (C=O) groups excluding carboxylic acids is 1. The molecule has 0 aliphatic heterocycles. The highest BCUT2D eigenvalue weighted by Gasteiger charge is 2.12.